The molecule has 0 aromatic heterocycles. The van der Waals surface area contributed by atoms with E-state index >= 15 is 0 Å². The molecule has 1 rings (SSSR count). The molecule has 1 aromatic carbocycles. The third-order valence-electron chi connectivity index (χ3n) is 2.37. The lowest BCUT2D eigenvalue weighted by molar-refractivity contribution is 0.0534. The number of hydrogen-bond donors (Lipinski definition) is 3. The highest BCUT2D eigenvalue weighted by molar-refractivity contribution is 5.68. The summed E-state index contributed by atoms with van der Waals surface area (Å²) in [5, 5.41) is 21.6. The zero-order chi connectivity index (χ0) is 16.0. The molecule has 0 aliphatic heterocycles. The van der Waals surface area contributed by atoms with Crippen LogP contribution in [0.1, 0.15) is 26.3 Å². The number of aromatic hydroxyl groups is 2. The monoisotopic (exact) mass is 295 g/mol. The van der Waals surface area contributed by atoms with Crippen molar-refractivity contribution in [2.45, 2.75) is 26.4 Å². The summed E-state index contributed by atoms with van der Waals surface area (Å²) in [6.07, 6.45) is 2.87. The summed E-state index contributed by atoms with van der Waals surface area (Å²) in [7, 11) is 1.39. The van der Waals surface area contributed by atoms with Crippen LogP contribution >= 0.6 is 0 Å². The molecule has 0 saturated heterocycles. The van der Waals surface area contributed by atoms with Crippen LogP contribution in [0.15, 0.2) is 18.2 Å². The Kier molecular flexibility index (Phi) is 5.46. The highest BCUT2D eigenvalue weighted by Gasteiger charge is 2.15. The number of ether oxygens (including phenoxy) is 2. The van der Waals surface area contributed by atoms with Gasteiger partial charge in [0.1, 0.15) is 5.60 Å². The number of methoxy groups -OCH3 is 1. The summed E-state index contributed by atoms with van der Waals surface area (Å²) >= 11 is 0. The van der Waals surface area contributed by atoms with Gasteiger partial charge in [0.05, 0.1) is 7.11 Å². The molecule has 0 saturated carbocycles. The van der Waals surface area contributed by atoms with Crippen molar-refractivity contribution < 1.29 is 24.5 Å². The zero-order valence-corrected chi connectivity index (χ0v) is 12.6. The summed E-state index contributed by atoms with van der Waals surface area (Å²) in [6, 6.07) is 2.96. The Labute approximate surface area is 124 Å². The number of benzene rings is 1. The quantitative estimate of drug-likeness (QED) is 0.743. The molecule has 0 spiro atoms. The van der Waals surface area contributed by atoms with Crippen LogP contribution in [-0.2, 0) is 4.74 Å². The third kappa shape index (κ3) is 5.64. The Morgan fingerprint density at radius 3 is 2.57 bits per heavy atom. The average Bonchev–Trinajstić information content (AvgIpc) is 2.36. The molecule has 0 bridgehead atoms. The van der Waals surface area contributed by atoms with Crippen molar-refractivity contribution in [2.75, 3.05) is 13.7 Å². The van der Waals surface area contributed by atoms with Gasteiger partial charge in [0.2, 0.25) is 5.75 Å². The van der Waals surface area contributed by atoms with E-state index < -0.39 is 11.7 Å². The Morgan fingerprint density at radius 2 is 2.00 bits per heavy atom. The molecule has 0 radical (unpaired) electrons. The van der Waals surface area contributed by atoms with Gasteiger partial charge >= 0.3 is 6.09 Å². The number of phenolic OH excluding ortho intramolecular Hbond substituents is 2. The van der Waals surface area contributed by atoms with Gasteiger partial charge in [-0.15, -0.1) is 0 Å². The standard InChI is InChI=1S/C15H21NO5/c1-15(2,3)21-14(19)16-7-5-6-10-8-11(17)13(18)12(9-10)20-4/h5-6,8-9,17-18H,7H2,1-4H3,(H,16,19). The Morgan fingerprint density at radius 1 is 1.33 bits per heavy atom. The maximum atomic E-state index is 11.4. The molecule has 21 heavy (non-hydrogen) atoms. The number of nitrogens with one attached hydrogen (secondary N) is 1. The van der Waals surface area contributed by atoms with Crippen molar-refractivity contribution >= 4 is 12.2 Å². The number of rotatable bonds is 4. The van der Waals surface area contributed by atoms with Gasteiger partial charge in [-0.25, -0.2) is 4.79 Å². The van der Waals surface area contributed by atoms with Gasteiger partial charge in [-0.1, -0.05) is 12.2 Å². The maximum absolute atomic E-state index is 11.4. The van der Waals surface area contributed by atoms with Crippen molar-refractivity contribution in [1.29, 1.82) is 0 Å². The van der Waals surface area contributed by atoms with E-state index in [1.54, 1.807) is 39.0 Å². The molecule has 0 atom stereocenters. The second-order valence-corrected chi connectivity index (χ2v) is 5.38. The topological polar surface area (TPSA) is 88.0 Å². The molecular formula is C15H21NO5. The number of amides is 1. The molecule has 0 heterocycles. The summed E-state index contributed by atoms with van der Waals surface area (Å²) in [4.78, 5) is 11.4. The second-order valence-electron chi connectivity index (χ2n) is 5.38. The number of hydrogen-bond acceptors (Lipinski definition) is 5. The van der Waals surface area contributed by atoms with Crippen LogP contribution in [0.5, 0.6) is 17.2 Å². The lowest BCUT2D eigenvalue weighted by Gasteiger charge is -2.19. The first-order valence-corrected chi connectivity index (χ1v) is 6.46. The fourth-order valence-corrected chi connectivity index (χ4v) is 1.52. The molecule has 0 aliphatic carbocycles. The van der Waals surface area contributed by atoms with Gasteiger partial charge in [-0.2, -0.15) is 0 Å². The fraction of sp³-hybridized carbons (Fsp3) is 0.400. The smallest absolute Gasteiger partial charge is 0.407 e. The lowest BCUT2D eigenvalue weighted by atomic mass is 10.1. The summed E-state index contributed by atoms with van der Waals surface area (Å²) in [6.45, 7) is 5.63. The first-order valence-electron chi connectivity index (χ1n) is 6.46. The van der Waals surface area contributed by atoms with Crippen LogP contribution in [0.3, 0.4) is 0 Å². The Balaban J connectivity index is 2.58. The molecule has 0 unspecified atom stereocenters. The fourth-order valence-electron chi connectivity index (χ4n) is 1.52. The van der Waals surface area contributed by atoms with Gasteiger partial charge in [-0.05, 0) is 38.5 Å². The van der Waals surface area contributed by atoms with Crippen molar-refractivity contribution in [3.05, 3.63) is 23.8 Å². The molecule has 6 nitrogen and oxygen atoms in total. The minimum atomic E-state index is -0.538. The van der Waals surface area contributed by atoms with Crippen molar-refractivity contribution in [3.63, 3.8) is 0 Å². The van der Waals surface area contributed by atoms with Crippen LogP contribution in [0, 0.1) is 0 Å². The van der Waals surface area contributed by atoms with Gasteiger partial charge in [0, 0.05) is 6.54 Å². The van der Waals surface area contributed by atoms with Crippen molar-refractivity contribution in [2.24, 2.45) is 0 Å². The zero-order valence-electron chi connectivity index (χ0n) is 12.6. The normalized spacial score (nSPS) is 11.4. The van der Waals surface area contributed by atoms with Gasteiger partial charge in [-0.3, -0.25) is 0 Å². The van der Waals surface area contributed by atoms with E-state index in [0.29, 0.717) is 5.56 Å². The van der Waals surface area contributed by atoms with Crippen LogP contribution in [0.2, 0.25) is 0 Å². The molecule has 1 aromatic rings. The van der Waals surface area contributed by atoms with Gasteiger partial charge in [0.15, 0.2) is 11.5 Å². The van der Waals surface area contributed by atoms with Gasteiger partial charge in [0.25, 0.3) is 0 Å². The van der Waals surface area contributed by atoms with E-state index in [9.17, 15) is 15.0 Å². The highest BCUT2D eigenvalue weighted by Crippen LogP contribution is 2.36. The number of alkyl carbamates (subject to hydrolysis) is 1. The first kappa shape index (κ1) is 16.7. The Hall–Kier alpha value is -2.37. The number of carbonyl (C=O) groups is 1. The van der Waals surface area contributed by atoms with E-state index in [2.05, 4.69) is 5.32 Å². The van der Waals surface area contributed by atoms with Crippen LogP contribution in [0.4, 0.5) is 4.79 Å². The van der Waals surface area contributed by atoms with Gasteiger partial charge < -0.3 is 25.0 Å². The summed E-state index contributed by atoms with van der Waals surface area (Å²) in [5.41, 5.74) is 0.0947. The molecule has 6 heteroatoms. The second kappa shape index (κ2) is 6.88. The van der Waals surface area contributed by atoms with Crippen LogP contribution < -0.4 is 10.1 Å². The van der Waals surface area contributed by atoms with Crippen LogP contribution in [0.25, 0.3) is 6.08 Å². The molecule has 0 fully saturated rings. The molecular weight excluding hydrogens is 274 g/mol. The van der Waals surface area contributed by atoms with E-state index in [4.69, 9.17) is 9.47 Å². The molecule has 116 valence electrons. The van der Waals surface area contributed by atoms with E-state index in [-0.39, 0.29) is 23.8 Å². The molecule has 3 N–H and O–H groups in total. The number of phenols is 2. The minimum absolute atomic E-state index is 0.176. The Bertz CT molecular complexity index is 532. The van der Waals surface area contributed by atoms with E-state index in [1.165, 1.54) is 13.2 Å². The largest absolute Gasteiger partial charge is 0.504 e. The van der Waals surface area contributed by atoms with Crippen molar-refractivity contribution in [3.8, 4) is 17.2 Å². The summed E-state index contributed by atoms with van der Waals surface area (Å²) in [5.74, 6) is -0.398. The van der Waals surface area contributed by atoms with Crippen molar-refractivity contribution in [1.82, 2.24) is 5.32 Å². The predicted molar refractivity (Wildman–Crippen MR) is 79.6 cm³/mol. The lowest BCUT2D eigenvalue weighted by Crippen LogP contribution is -2.32. The van der Waals surface area contributed by atoms with Crippen LogP contribution in [-0.4, -0.2) is 35.6 Å². The maximum Gasteiger partial charge on any atom is 0.407 e. The number of carbonyl (C=O) groups excluding carboxylic acids is 1. The molecule has 0 aliphatic rings. The highest BCUT2D eigenvalue weighted by atomic mass is 16.6. The predicted octanol–water partition coefficient (Wildman–Crippen LogP) is 2.64. The summed E-state index contributed by atoms with van der Waals surface area (Å²) < 4.78 is 10.0. The minimum Gasteiger partial charge on any atom is -0.504 e. The van der Waals surface area contributed by atoms with E-state index in [0.717, 1.165) is 0 Å². The average molecular weight is 295 g/mol. The first-order chi connectivity index (χ1) is 9.73. The third-order valence-corrected chi connectivity index (χ3v) is 2.37. The molecule has 1 amide bonds. The van der Waals surface area contributed by atoms with E-state index in [1.807, 2.05) is 0 Å². The SMILES string of the molecule is COc1cc(C=CCNC(=O)OC(C)(C)C)cc(O)c1O.